The lowest BCUT2D eigenvalue weighted by atomic mass is 9.92. The summed E-state index contributed by atoms with van der Waals surface area (Å²) in [5.74, 6) is 0.00732. The van der Waals surface area contributed by atoms with E-state index in [1.54, 1.807) is 0 Å². The normalized spacial score (nSPS) is 11.4. The summed E-state index contributed by atoms with van der Waals surface area (Å²) in [6, 6.07) is 8.37. The summed E-state index contributed by atoms with van der Waals surface area (Å²) in [5.41, 5.74) is 2.18. The molecule has 0 spiro atoms. The summed E-state index contributed by atoms with van der Waals surface area (Å²) in [6.07, 6.45) is 2.14. The van der Waals surface area contributed by atoms with E-state index in [4.69, 9.17) is 0 Å². The van der Waals surface area contributed by atoms with E-state index in [2.05, 4.69) is 29.7 Å². The minimum atomic E-state index is -0.302. The Kier molecular flexibility index (Phi) is 7.27. The van der Waals surface area contributed by atoms with Gasteiger partial charge in [0.05, 0.1) is 0 Å². The van der Waals surface area contributed by atoms with Gasteiger partial charge >= 0.3 is 0 Å². The number of nitrogens with one attached hydrogen (secondary N) is 2. The molecule has 0 saturated heterocycles. The van der Waals surface area contributed by atoms with Gasteiger partial charge in [-0.05, 0) is 58.6 Å². The first-order valence-electron chi connectivity index (χ1n) is 8.34. The molecule has 1 aromatic rings. The molecule has 23 heavy (non-hydrogen) atoms. The first-order chi connectivity index (χ1) is 10.7. The maximum Gasteiger partial charge on any atom is 0.220 e. The van der Waals surface area contributed by atoms with Gasteiger partial charge in [0.15, 0.2) is 0 Å². The van der Waals surface area contributed by atoms with E-state index in [0.717, 1.165) is 6.42 Å². The highest BCUT2D eigenvalue weighted by molar-refractivity contribution is 5.79. The topological polar surface area (TPSA) is 58.2 Å². The first kappa shape index (κ1) is 19.2. The largest absolute Gasteiger partial charge is 0.354 e. The number of benzene rings is 1. The molecule has 4 heteroatoms. The van der Waals surface area contributed by atoms with Crippen LogP contribution in [0.3, 0.4) is 0 Å². The van der Waals surface area contributed by atoms with Crippen LogP contribution < -0.4 is 10.6 Å². The van der Waals surface area contributed by atoms with Gasteiger partial charge in [0.25, 0.3) is 0 Å². The van der Waals surface area contributed by atoms with Crippen molar-refractivity contribution in [3.63, 3.8) is 0 Å². The minimum absolute atomic E-state index is 0.000862. The van der Waals surface area contributed by atoms with Crippen molar-refractivity contribution in [2.24, 2.45) is 0 Å². The van der Waals surface area contributed by atoms with Crippen LogP contribution in [0, 0.1) is 6.92 Å². The van der Waals surface area contributed by atoms with Crippen LogP contribution in [0.25, 0.3) is 0 Å². The van der Waals surface area contributed by atoms with E-state index in [9.17, 15) is 9.59 Å². The third kappa shape index (κ3) is 7.82. The van der Waals surface area contributed by atoms with Crippen molar-refractivity contribution in [1.29, 1.82) is 0 Å². The van der Waals surface area contributed by atoms with Crippen LogP contribution in [-0.4, -0.2) is 23.4 Å². The van der Waals surface area contributed by atoms with Crippen molar-refractivity contribution in [3.05, 3.63) is 35.4 Å². The molecule has 1 rings (SSSR count). The monoisotopic (exact) mass is 318 g/mol. The van der Waals surface area contributed by atoms with Crippen LogP contribution in [0.15, 0.2) is 24.3 Å². The van der Waals surface area contributed by atoms with E-state index in [0.29, 0.717) is 19.3 Å². The Morgan fingerprint density at radius 3 is 2.30 bits per heavy atom. The smallest absolute Gasteiger partial charge is 0.220 e. The second-order valence-corrected chi connectivity index (χ2v) is 7.11. The third-order valence-electron chi connectivity index (χ3n) is 3.63. The quantitative estimate of drug-likeness (QED) is 0.773. The fraction of sp³-hybridized carbons (Fsp3) is 0.579. The fourth-order valence-electron chi connectivity index (χ4n) is 2.57. The van der Waals surface area contributed by atoms with E-state index < -0.39 is 0 Å². The van der Waals surface area contributed by atoms with Crippen LogP contribution in [0.2, 0.25) is 0 Å². The lowest BCUT2D eigenvalue weighted by Gasteiger charge is -2.27. The molecule has 0 saturated carbocycles. The molecule has 2 amide bonds. The molecule has 1 aromatic carbocycles. The van der Waals surface area contributed by atoms with Crippen LogP contribution in [-0.2, 0) is 16.0 Å². The van der Waals surface area contributed by atoms with E-state index in [1.165, 1.54) is 11.1 Å². The van der Waals surface area contributed by atoms with Crippen molar-refractivity contribution in [2.45, 2.75) is 71.9 Å². The Labute approximate surface area is 140 Å². The van der Waals surface area contributed by atoms with Gasteiger partial charge < -0.3 is 10.6 Å². The molecule has 2 N–H and O–H groups in total. The number of carbonyl (C=O) groups excluding carboxylic acids is 2. The average molecular weight is 318 g/mol. The molecule has 0 fully saturated rings. The van der Waals surface area contributed by atoms with Gasteiger partial charge in [0, 0.05) is 24.4 Å². The van der Waals surface area contributed by atoms with Crippen molar-refractivity contribution >= 4 is 11.8 Å². The standard InChI is InChI=1S/C19H30N2O2/c1-14(2)20-17(22)11-8-12-18(23)21-19(4,5)13-16-10-7-6-9-15(16)3/h6-7,9-10,14H,8,11-13H2,1-5H3,(H,20,22)(H,21,23). The molecule has 0 aliphatic heterocycles. The van der Waals surface area contributed by atoms with Gasteiger partial charge in [-0.2, -0.15) is 0 Å². The number of hydrogen-bond donors (Lipinski definition) is 2. The van der Waals surface area contributed by atoms with E-state index in [1.807, 2.05) is 39.8 Å². The maximum absolute atomic E-state index is 12.1. The molecule has 0 heterocycles. The molecule has 0 aliphatic rings. The molecule has 0 atom stereocenters. The second-order valence-electron chi connectivity index (χ2n) is 7.11. The molecule has 0 radical (unpaired) electrons. The molecular formula is C19H30N2O2. The summed E-state index contributed by atoms with van der Waals surface area (Å²) in [6.45, 7) is 10.0. The Morgan fingerprint density at radius 2 is 1.70 bits per heavy atom. The van der Waals surface area contributed by atoms with Crippen molar-refractivity contribution in [2.75, 3.05) is 0 Å². The molecule has 0 bridgehead atoms. The number of rotatable bonds is 8. The minimum Gasteiger partial charge on any atom is -0.354 e. The van der Waals surface area contributed by atoms with Crippen LogP contribution >= 0.6 is 0 Å². The molecule has 0 aromatic heterocycles. The molecule has 0 unspecified atom stereocenters. The van der Waals surface area contributed by atoms with Crippen LogP contribution in [0.1, 0.15) is 58.1 Å². The van der Waals surface area contributed by atoms with Gasteiger partial charge in [0.2, 0.25) is 11.8 Å². The van der Waals surface area contributed by atoms with Gasteiger partial charge in [-0.3, -0.25) is 9.59 Å². The lowest BCUT2D eigenvalue weighted by Crippen LogP contribution is -2.45. The van der Waals surface area contributed by atoms with Gasteiger partial charge in [-0.1, -0.05) is 24.3 Å². The molecule has 0 aliphatic carbocycles. The number of amides is 2. The third-order valence-corrected chi connectivity index (χ3v) is 3.63. The summed E-state index contributed by atoms with van der Waals surface area (Å²) in [5, 5.41) is 5.91. The molecule has 128 valence electrons. The lowest BCUT2D eigenvalue weighted by molar-refractivity contribution is -0.123. The number of carbonyl (C=O) groups is 2. The van der Waals surface area contributed by atoms with Gasteiger partial charge in [-0.15, -0.1) is 0 Å². The zero-order valence-corrected chi connectivity index (χ0v) is 15.0. The highest BCUT2D eigenvalue weighted by Gasteiger charge is 2.21. The first-order valence-corrected chi connectivity index (χ1v) is 8.34. The summed E-state index contributed by atoms with van der Waals surface area (Å²) in [7, 11) is 0. The SMILES string of the molecule is Cc1ccccc1CC(C)(C)NC(=O)CCCC(=O)NC(C)C. The van der Waals surface area contributed by atoms with Crippen LogP contribution in [0.5, 0.6) is 0 Å². The zero-order chi connectivity index (χ0) is 17.5. The predicted octanol–water partition coefficient (Wildman–Crippen LogP) is 3.13. The van der Waals surface area contributed by atoms with Crippen LogP contribution in [0.4, 0.5) is 0 Å². The number of aryl methyl sites for hydroxylation is 1. The molecule has 4 nitrogen and oxygen atoms in total. The Hall–Kier alpha value is -1.84. The highest BCUT2D eigenvalue weighted by atomic mass is 16.2. The maximum atomic E-state index is 12.1. The van der Waals surface area contributed by atoms with Crippen molar-refractivity contribution in [3.8, 4) is 0 Å². The summed E-state index contributed by atoms with van der Waals surface area (Å²) < 4.78 is 0. The second kappa shape index (κ2) is 8.70. The van der Waals surface area contributed by atoms with Gasteiger partial charge in [-0.25, -0.2) is 0 Å². The Bertz CT molecular complexity index is 536. The van der Waals surface area contributed by atoms with E-state index >= 15 is 0 Å². The zero-order valence-electron chi connectivity index (χ0n) is 15.0. The fourth-order valence-corrected chi connectivity index (χ4v) is 2.57. The van der Waals surface area contributed by atoms with E-state index in [-0.39, 0.29) is 23.4 Å². The molecular weight excluding hydrogens is 288 g/mol. The predicted molar refractivity (Wildman–Crippen MR) is 94.2 cm³/mol. The van der Waals surface area contributed by atoms with Gasteiger partial charge in [0.1, 0.15) is 0 Å². The average Bonchev–Trinajstić information content (AvgIpc) is 2.39. The number of hydrogen-bond acceptors (Lipinski definition) is 2. The Balaban J connectivity index is 2.40. The van der Waals surface area contributed by atoms with Crippen molar-refractivity contribution < 1.29 is 9.59 Å². The summed E-state index contributed by atoms with van der Waals surface area (Å²) >= 11 is 0. The Morgan fingerprint density at radius 1 is 1.09 bits per heavy atom. The summed E-state index contributed by atoms with van der Waals surface area (Å²) in [4.78, 5) is 23.7. The van der Waals surface area contributed by atoms with Crippen molar-refractivity contribution in [1.82, 2.24) is 10.6 Å². The highest BCUT2D eigenvalue weighted by Crippen LogP contribution is 2.16.